The SMILES string of the molecule is COc1ccc(C2CCC(=O)CC2)cc1C(C)C. The monoisotopic (exact) mass is 246 g/mol. The Morgan fingerprint density at radius 1 is 1.22 bits per heavy atom. The van der Waals surface area contributed by atoms with Gasteiger partial charge in [-0.3, -0.25) is 4.79 Å². The normalized spacial score (nSPS) is 17.2. The van der Waals surface area contributed by atoms with Crippen molar-refractivity contribution in [3.8, 4) is 5.75 Å². The van der Waals surface area contributed by atoms with Crippen molar-refractivity contribution in [2.24, 2.45) is 0 Å². The van der Waals surface area contributed by atoms with Gasteiger partial charge in [0, 0.05) is 12.8 Å². The lowest BCUT2D eigenvalue weighted by atomic mass is 9.82. The molecule has 0 spiro atoms. The molecule has 1 fully saturated rings. The molecule has 0 amide bonds. The van der Waals surface area contributed by atoms with Crippen LogP contribution >= 0.6 is 0 Å². The Bertz CT molecular complexity index is 425. The molecule has 0 unspecified atom stereocenters. The molecule has 0 N–H and O–H groups in total. The molecule has 0 aromatic heterocycles. The molecule has 0 aliphatic heterocycles. The summed E-state index contributed by atoms with van der Waals surface area (Å²) in [7, 11) is 1.72. The summed E-state index contributed by atoms with van der Waals surface area (Å²) in [4.78, 5) is 11.3. The van der Waals surface area contributed by atoms with E-state index in [0.717, 1.165) is 31.4 Å². The van der Waals surface area contributed by atoms with Crippen LogP contribution in [0.2, 0.25) is 0 Å². The summed E-state index contributed by atoms with van der Waals surface area (Å²) in [5.74, 6) is 2.40. The average molecular weight is 246 g/mol. The molecule has 1 aromatic rings. The van der Waals surface area contributed by atoms with Crippen LogP contribution in [-0.4, -0.2) is 12.9 Å². The van der Waals surface area contributed by atoms with Crippen LogP contribution in [0.3, 0.4) is 0 Å². The maximum Gasteiger partial charge on any atom is 0.132 e. The van der Waals surface area contributed by atoms with Crippen LogP contribution in [0.15, 0.2) is 18.2 Å². The first kappa shape index (κ1) is 13.1. The fourth-order valence-corrected chi connectivity index (χ4v) is 2.73. The molecular weight excluding hydrogens is 224 g/mol. The lowest BCUT2D eigenvalue weighted by molar-refractivity contribution is -0.120. The van der Waals surface area contributed by atoms with Gasteiger partial charge in [-0.05, 0) is 41.9 Å². The molecule has 2 rings (SSSR count). The summed E-state index contributed by atoms with van der Waals surface area (Å²) in [5.41, 5.74) is 2.64. The van der Waals surface area contributed by atoms with E-state index in [9.17, 15) is 4.79 Å². The molecule has 1 saturated carbocycles. The zero-order valence-corrected chi connectivity index (χ0v) is 11.5. The Hall–Kier alpha value is -1.31. The van der Waals surface area contributed by atoms with Crippen LogP contribution in [0.4, 0.5) is 0 Å². The predicted octanol–water partition coefficient (Wildman–Crippen LogP) is 4.05. The molecule has 0 bridgehead atoms. The second-order valence-corrected chi connectivity index (χ2v) is 5.47. The predicted molar refractivity (Wildman–Crippen MR) is 73.3 cm³/mol. The Labute approximate surface area is 109 Å². The minimum absolute atomic E-state index is 0.420. The van der Waals surface area contributed by atoms with Gasteiger partial charge in [-0.25, -0.2) is 0 Å². The van der Waals surface area contributed by atoms with Crippen molar-refractivity contribution in [3.05, 3.63) is 29.3 Å². The minimum Gasteiger partial charge on any atom is -0.496 e. The van der Waals surface area contributed by atoms with E-state index in [1.54, 1.807) is 7.11 Å². The molecule has 0 saturated heterocycles. The van der Waals surface area contributed by atoms with Crippen LogP contribution in [-0.2, 0) is 4.79 Å². The Morgan fingerprint density at radius 2 is 1.89 bits per heavy atom. The topological polar surface area (TPSA) is 26.3 Å². The number of benzene rings is 1. The molecule has 0 atom stereocenters. The largest absolute Gasteiger partial charge is 0.496 e. The van der Waals surface area contributed by atoms with Gasteiger partial charge in [-0.2, -0.15) is 0 Å². The zero-order valence-electron chi connectivity index (χ0n) is 11.5. The van der Waals surface area contributed by atoms with Crippen LogP contribution in [0.25, 0.3) is 0 Å². The second-order valence-electron chi connectivity index (χ2n) is 5.47. The maximum atomic E-state index is 11.3. The van der Waals surface area contributed by atoms with Gasteiger partial charge in [0.15, 0.2) is 0 Å². The number of hydrogen-bond acceptors (Lipinski definition) is 2. The maximum absolute atomic E-state index is 11.3. The number of rotatable bonds is 3. The van der Waals surface area contributed by atoms with Gasteiger partial charge in [-0.15, -0.1) is 0 Å². The summed E-state index contributed by atoms with van der Waals surface area (Å²) < 4.78 is 5.41. The third-order valence-electron chi connectivity index (χ3n) is 3.89. The minimum atomic E-state index is 0.420. The number of ether oxygens (including phenoxy) is 1. The highest BCUT2D eigenvalue weighted by atomic mass is 16.5. The molecule has 2 heteroatoms. The number of hydrogen-bond donors (Lipinski definition) is 0. The first-order valence-corrected chi connectivity index (χ1v) is 6.81. The van der Waals surface area contributed by atoms with E-state index in [2.05, 4.69) is 32.0 Å². The first-order valence-electron chi connectivity index (χ1n) is 6.81. The number of carbonyl (C=O) groups excluding carboxylic acids is 1. The summed E-state index contributed by atoms with van der Waals surface area (Å²) in [6, 6.07) is 6.50. The van der Waals surface area contributed by atoms with Crippen molar-refractivity contribution >= 4 is 5.78 Å². The second kappa shape index (κ2) is 5.55. The highest BCUT2D eigenvalue weighted by molar-refractivity contribution is 5.79. The van der Waals surface area contributed by atoms with Crippen molar-refractivity contribution in [1.82, 2.24) is 0 Å². The van der Waals surface area contributed by atoms with Crippen molar-refractivity contribution in [1.29, 1.82) is 0 Å². The summed E-state index contributed by atoms with van der Waals surface area (Å²) in [6.07, 6.45) is 3.49. The van der Waals surface area contributed by atoms with E-state index < -0.39 is 0 Å². The molecule has 2 nitrogen and oxygen atoms in total. The van der Waals surface area contributed by atoms with E-state index >= 15 is 0 Å². The highest BCUT2D eigenvalue weighted by Gasteiger charge is 2.21. The molecule has 98 valence electrons. The number of carbonyl (C=O) groups is 1. The number of ketones is 1. The van der Waals surface area contributed by atoms with Crippen molar-refractivity contribution in [2.45, 2.75) is 51.4 Å². The molecule has 18 heavy (non-hydrogen) atoms. The first-order chi connectivity index (χ1) is 8.61. The summed E-state index contributed by atoms with van der Waals surface area (Å²) >= 11 is 0. The van der Waals surface area contributed by atoms with Gasteiger partial charge < -0.3 is 4.74 Å². The third kappa shape index (κ3) is 2.74. The lowest BCUT2D eigenvalue weighted by Crippen LogP contribution is -2.12. The standard InChI is InChI=1S/C16H22O2/c1-11(2)15-10-13(6-9-16(15)18-3)12-4-7-14(17)8-5-12/h6,9-12H,4-5,7-8H2,1-3H3. The van der Waals surface area contributed by atoms with Gasteiger partial charge in [0.05, 0.1) is 7.11 Å². The number of methoxy groups -OCH3 is 1. The van der Waals surface area contributed by atoms with Crippen LogP contribution in [0.1, 0.15) is 62.5 Å². The number of Topliss-reactive ketones (excluding diaryl/α,β-unsaturated/α-hetero) is 1. The Balaban J connectivity index is 2.23. The fourth-order valence-electron chi connectivity index (χ4n) is 2.73. The van der Waals surface area contributed by atoms with Crippen molar-refractivity contribution in [2.75, 3.05) is 7.11 Å². The highest BCUT2D eigenvalue weighted by Crippen LogP contribution is 2.35. The van der Waals surface area contributed by atoms with Gasteiger partial charge >= 0.3 is 0 Å². The quantitative estimate of drug-likeness (QED) is 0.804. The molecule has 1 aromatic carbocycles. The molecule has 1 aliphatic carbocycles. The summed E-state index contributed by atoms with van der Waals surface area (Å²) in [5, 5.41) is 0. The molecule has 0 radical (unpaired) electrons. The van der Waals surface area contributed by atoms with Gasteiger partial charge in [0.2, 0.25) is 0 Å². The van der Waals surface area contributed by atoms with Gasteiger partial charge in [0.25, 0.3) is 0 Å². The van der Waals surface area contributed by atoms with Crippen LogP contribution in [0.5, 0.6) is 5.75 Å². The van der Waals surface area contributed by atoms with Gasteiger partial charge in [-0.1, -0.05) is 26.0 Å². The smallest absolute Gasteiger partial charge is 0.132 e. The Kier molecular flexibility index (Phi) is 4.05. The van der Waals surface area contributed by atoms with E-state index in [1.807, 2.05) is 0 Å². The van der Waals surface area contributed by atoms with Crippen molar-refractivity contribution < 1.29 is 9.53 Å². The van der Waals surface area contributed by atoms with Crippen LogP contribution in [0, 0.1) is 0 Å². The van der Waals surface area contributed by atoms with E-state index in [1.165, 1.54) is 11.1 Å². The molecular formula is C16H22O2. The molecule has 1 aliphatic rings. The van der Waals surface area contributed by atoms with E-state index in [4.69, 9.17) is 4.74 Å². The van der Waals surface area contributed by atoms with Crippen LogP contribution < -0.4 is 4.74 Å². The van der Waals surface area contributed by atoms with Crippen molar-refractivity contribution in [3.63, 3.8) is 0 Å². The zero-order chi connectivity index (χ0) is 13.1. The van der Waals surface area contributed by atoms with Gasteiger partial charge in [0.1, 0.15) is 11.5 Å². The summed E-state index contributed by atoms with van der Waals surface area (Å²) in [6.45, 7) is 4.37. The fraction of sp³-hybridized carbons (Fsp3) is 0.562. The lowest BCUT2D eigenvalue weighted by Gasteiger charge is -2.23. The molecule has 0 heterocycles. The average Bonchev–Trinajstić information content (AvgIpc) is 2.39. The van der Waals surface area contributed by atoms with E-state index in [-0.39, 0.29) is 0 Å². The third-order valence-corrected chi connectivity index (χ3v) is 3.89. The van der Waals surface area contributed by atoms with E-state index in [0.29, 0.717) is 17.6 Å². The Morgan fingerprint density at radius 3 is 2.44 bits per heavy atom.